The lowest BCUT2D eigenvalue weighted by Crippen LogP contribution is -2.45. The van der Waals surface area contributed by atoms with Crippen molar-refractivity contribution in [2.24, 2.45) is 0 Å². The highest BCUT2D eigenvalue weighted by Gasteiger charge is 2.26. The second-order valence-electron chi connectivity index (χ2n) is 7.59. The summed E-state index contributed by atoms with van der Waals surface area (Å²) in [5.74, 6) is -0.0211. The maximum absolute atomic E-state index is 13.2. The molecule has 0 spiro atoms. The van der Waals surface area contributed by atoms with Crippen LogP contribution < -0.4 is 0 Å². The number of carbonyl (C=O) groups is 3. The molecule has 1 saturated heterocycles. The first-order valence-electron chi connectivity index (χ1n) is 10.0. The topological polar surface area (TPSA) is 57.7 Å². The van der Waals surface area contributed by atoms with Gasteiger partial charge < -0.3 is 9.80 Å². The minimum absolute atomic E-state index is 0.0414. The van der Waals surface area contributed by atoms with Crippen LogP contribution in [0.5, 0.6) is 0 Å². The quantitative estimate of drug-likeness (QED) is 0.809. The Morgan fingerprint density at radius 3 is 2.45 bits per heavy atom. The maximum atomic E-state index is 13.2. The zero-order valence-electron chi connectivity index (χ0n) is 16.3. The molecule has 2 aromatic carbocycles. The Hall–Kier alpha value is -3.21. The van der Waals surface area contributed by atoms with Crippen molar-refractivity contribution >= 4 is 23.7 Å². The molecule has 1 fully saturated rings. The third-order valence-electron chi connectivity index (χ3n) is 5.51. The molecule has 0 radical (unpaired) electrons. The van der Waals surface area contributed by atoms with E-state index in [0.29, 0.717) is 38.0 Å². The van der Waals surface area contributed by atoms with Gasteiger partial charge in [-0.05, 0) is 29.2 Å². The first-order chi connectivity index (χ1) is 14.1. The van der Waals surface area contributed by atoms with Crippen molar-refractivity contribution in [1.29, 1.82) is 0 Å². The molecule has 2 aliphatic rings. The van der Waals surface area contributed by atoms with Crippen molar-refractivity contribution in [3.63, 3.8) is 0 Å². The number of hydrogen-bond acceptors (Lipinski definition) is 3. The van der Waals surface area contributed by atoms with E-state index >= 15 is 0 Å². The molecule has 2 aliphatic heterocycles. The van der Waals surface area contributed by atoms with Crippen molar-refractivity contribution in [3.8, 4) is 0 Å². The lowest BCUT2D eigenvalue weighted by molar-refractivity contribution is -0.135. The Morgan fingerprint density at radius 1 is 0.931 bits per heavy atom. The van der Waals surface area contributed by atoms with Gasteiger partial charge in [-0.2, -0.15) is 0 Å². The Labute approximate surface area is 170 Å². The van der Waals surface area contributed by atoms with E-state index in [9.17, 15) is 14.4 Å². The van der Waals surface area contributed by atoms with E-state index in [2.05, 4.69) is 18.2 Å². The van der Waals surface area contributed by atoms with E-state index in [1.54, 1.807) is 9.80 Å². The van der Waals surface area contributed by atoms with Crippen molar-refractivity contribution in [2.45, 2.75) is 19.3 Å². The van der Waals surface area contributed by atoms with Gasteiger partial charge in [-0.1, -0.05) is 54.6 Å². The standard InChI is InChI=1S/C24H24N2O3/c27-21-10-13-25(14-11-21)23(28)17-26-12-4-7-20-9-8-19(16-22(20)24(26)29)15-18-5-2-1-3-6-18/h1-9,16H,10-15,17H2. The van der Waals surface area contributed by atoms with E-state index in [1.165, 1.54) is 5.56 Å². The lowest BCUT2D eigenvalue weighted by atomic mass is 9.98. The van der Waals surface area contributed by atoms with Gasteiger partial charge in [0.2, 0.25) is 5.91 Å². The van der Waals surface area contributed by atoms with Gasteiger partial charge in [-0.15, -0.1) is 0 Å². The highest BCUT2D eigenvalue weighted by Crippen LogP contribution is 2.21. The molecule has 148 valence electrons. The molecule has 4 rings (SSSR count). The summed E-state index contributed by atoms with van der Waals surface area (Å²) in [4.78, 5) is 40.5. The lowest BCUT2D eigenvalue weighted by Gasteiger charge is -2.29. The summed E-state index contributed by atoms with van der Waals surface area (Å²) < 4.78 is 0. The number of fused-ring (bicyclic) bond motifs is 1. The molecule has 2 heterocycles. The fourth-order valence-corrected chi connectivity index (χ4v) is 3.84. The van der Waals surface area contributed by atoms with Gasteiger partial charge >= 0.3 is 0 Å². The molecule has 0 atom stereocenters. The van der Waals surface area contributed by atoms with Gasteiger partial charge in [0.1, 0.15) is 12.3 Å². The predicted octanol–water partition coefficient (Wildman–Crippen LogP) is 2.94. The van der Waals surface area contributed by atoms with Crippen LogP contribution in [0, 0.1) is 0 Å². The minimum atomic E-state index is -0.124. The van der Waals surface area contributed by atoms with Crippen molar-refractivity contribution in [2.75, 3.05) is 26.2 Å². The van der Waals surface area contributed by atoms with Gasteiger partial charge in [-0.3, -0.25) is 14.4 Å². The van der Waals surface area contributed by atoms with Crippen LogP contribution in [0.25, 0.3) is 6.08 Å². The number of Topliss-reactive ketones (excluding diaryl/α,β-unsaturated/α-hetero) is 1. The Bertz CT molecular complexity index is 955. The predicted molar refractivity (Wildman–Crippen MR) is 111 cm³/mol. The van der Waals surface area contributed by atoms with Crippen LogP contribution >= 0.6 is 0 Å². The third-order valence-corrected chi connectivity index (χ3v) is 5.51. The van der Waals surface area contributed by atoms with E-state index in [-0.39, 0.29) is 24.1 Å². The average Bonchev–Trinajstić information content (AvgIpc) is 2.88. The van der Waals surface area contributed by atoms with Gasteiger partial charge in [0.05, 0.1) is 0 Å². The normalized spacial score (nSPS) is 16.6. The van der Waals surface area contributed by atoms with E-state index in [1.807, 2.05) is 42.5 Å². The Morgan fingerprint density at radius 2 is 1.69 bits per heavy atom. The number of piperidine rings is 1. The summed E-state index contributed by atoms with van der Waals surface area (Å²) in [6, 6.07) is 16.1. The second-order valence-corrected chi connectivity index (χ2v) is 7.59. The maximum Gasteiger partial charge on any atom is 0.255 e. The van der Waals surface area contributed by atoms with Crippen LogP contribution in [-0.2, 0) is 16.0 Å². The molecule has 2 aromatic rings. The Balaban J connectivity index is 1.50. The summed E-state index contributed by atoms with van der Waals surface area (Å²) in [6.45, 7) is 1.35. The van der Waals surface area contributed by atoms with Crippen molar-refractivity contribution < 1.29 is 14.4 Å². The van der Waals surface area contributed by atoms with Crippen LogP contribution in [0.15, 0.2) is 54.6 Å². The van der Waals surface area contributed by atoms with E-state index in [0.717, 1.165) is 17.5 Å². The molecule has 2 amide bonds. The number of likely N-dealkylation sites (tertiary alicyclic amines) is 1. The van der Waals surface area contributed by atoms with Crippen molar-refractivity contribution in [1.82, 2.24) is 9.80 Å². The molecule has 29 heavy (non-hydrogen) atoms. The number of carbonyl (C=O) groups excluding carboxylic acids is 3. The van der Waals surface area contributed by atoms with Crippen LogP contribution in [0.4, 0.5) is 0 Å². The smallest absolute Gasteiger partial charge is 0.255 e. The monoisotopic (exact) mass is 388 g/mol. The largest absolute Gasteiger partial charge is 0.340 e. The molecule has 0 aliphatic carbocycles. The molecule has 0 aromatic heterocycles. The molecule has 0 bridgehead atoms. The summed E-state index contributed by atoms with van der Waals surface area (Å²) in [6.07, 6.45) is 5.44. The van der Waals surface area contributed by atoms with Crippen LogP contribution in [-0.4, -0.2) is 53.6 Å². The van der Waals surface area contributed by atoms with Crippen molar-refractivity contribution in [3.05, 3.63) is 76.9 Å². The van der Waals surface area contributed by atoms with E-state index < -0.39 is 0 Å². The summed E-state index contributed by atoms with van der Waals surface area (Å²) in [5, 5.41) is 0. The fourth-order valence-electron chi connectivity index (χ4n) is 3.84. The van der Waals surface area contributed by atoms with Gasteiger partial charge in [0.15, 0.2) is 0 Å². The summed E-state index contributed by atoms with van der Waals surface area (Å²) >= 11 is 0. The summed E-state index contributed by atoms with van der Waals surface area (Å²) in [5.41, 5.74) is 3.77. The second kappa shape index (κ2) is 8.43. The van der Waals surface area contributed by atoms with Gasteiger partial charge in [-0.25, -0.2) is 0 Å². The minimum Gasteiger partial charge on any atom is -0.340 e. The fraction of sp³-hybridized carbons (Fsp3) is 0.292. The molecule has 0 saturated carbocycles. The average molecular weight is 388 g/mol. The number of amides is 2. The number of benzene rings is 2. The number of nitrogens with zero attached hydrogens (tertiary/aromatic N) is 2. The molecule has 5 heteroatoms. The van der Waals surface area contributed by atoms with Crippen LogP contribution in [0.2, 0.25) is 0 Å². The zero-order valence-corrected chi connectivity index (χ0v) is 16.3. The van der Waals surface area contributed by atoms with Crippen LogP contribution in [0.3, 0.4) is 0 Å². The number of ketones is 1. The van der Waals surface area contributed by atoms with Crippen LogP contribution in [0.1, 0.15) is 39.9 Å². The SMILES string of the molecule is O=C1CCN(C(=O)CN2CC=Cc3ccc(Cc4ccccc4)cc3C2=O)CC1. The molecule has 0 N–H and O–H groups in total. The molecular weight excluding hydrogens is 364 g/mol. The molecular formula is C24H24N2O3. The molecule has 0 unspecified atom stereocenters. The van der Waals surface area contributed by atoms with E-state index in [4.69, 9.17) is 0 Å². The zero-order chi connectivity index (χ0) is 20.2. The first-order valence-corrected chi connectivity index (χ1v) is 10.0. The number of rotatable bonds is 4. The van der Waals surface area contributed by atoms with Gasteiger partial charge in [0, 0.05) is 38.0 Å². The summed E-state index contributed by atoms with van der Waals surface area (Å²) in [7, 11) is 0. The third kappa shape index (κ3) is 4.45. The molecule has 5 nitrogen and oxygen atoms in total. The van der Waals surface area contributed by atoms with Gasteiger partial charge in [0.25, 0.3) is 5.91 Å². The Kier molecular flexibility index (Phi) is 5.56. The number of hydrogen-bond donors (Lipinski definition) is 0. The first kappa shape index (κ1) is 19.1. The highest BCUT2D eigenvalue weighted by molar-refractivity contribution is 6.00. The highest BCUT2D eigenvalue weighted by atomic mass is 16.2.